The third-order valence-corrected chi connectivity index (χ3v) is 30.4. The fourth-order valence-corrected chi connectivity index (χ4v) is 21.9. The van der Waals surface area contributed by atoms with Gasteiger partial charge in [-0.25, -0.2) is 0 Å². The maximum atomic E-state index is 13.4. The Morgan fingerprint density at radius 2 is 0.500 bits per heavy atom. The molecule has 12 fully saturated rings. The molecule has 0 unspecified atom stereocenters. The molecule has 0 aromatic rings. The van der Waals surface area contributed by atoms with Crippen molar-refractivity contribution in [1.29, 1.82) is 0 Å². The lowest BCUT2D eigenvalue weighted by Crippen LogP contribution is -2.41. The fraction of sp³-hybridized carbons (Fsp3) is 0.844. The molecular formula is C96H145ClO5. The highest BCUT2D eigenvalue weighted by atomic mass is 35.5. The highest BCUT2D eigenvalue weighted by Gasteiger charge is 2.43. The molecule has 12 rings (SSSR count). The van der Waals surface area contributed by atoms with Crippen LogP contribution >= 0.6 is 11.9 Å². The van der Waals surface area contributed by atoms with E-state index in [4.69, 9.17) is 16.6 Å². The third-order valence-electron chi connectivity index (χ3n) is 30.3. The van der Waals surface area contributed by atoms with Crippen molar-refractivity contribution in [3.8, 4) is 71.0 Å². The summed E-state index contributed by atoms with van der Waals surface area (Å²) < 4.78 is 10.6. The number of ketones is 1. The maximum Gasteiger partial charge on any atom is 0.327 e. The van der Waals surface area contributed by atoms with Crippen LogP contribution in [0.5, 0.6) is 0 Å². The van der Waals surface area contributed by atoms with Crippen molar-refractivity contribution in [1.82, 2.24) is 0 Å². The first-order valence-corrected chi connectivity index (χ1v) is 44.0. The Hall–Kier alpha value is -3.74. The molecule has 102 heavy (non-hydrogen) atoms. The SMILES string of the molecule is CC1CCC(C(=O)OC2(C#CC#CC3(C)CCC(C4CCC(C)CC4)CC3)CCC(C3CCC(C)CC3)CC2)CC1.CC1CCC(C(=O)OCl)CC1.CC1CCC(C2CCC(=O)CC2)CC1.CC1CCC(C2CCC(C)(C#CC#CC#CC#CC3(C)CCC(C4CCC(C)CC4)CC3)CC2)CC1. The standard InChI is InChI=1S/C39H60O2.C36H50.C13H22O.C8H13ClO2/c1-29-7-13-32(14-8-29)34-19-25-38(4,26-20-34)23-5-6-24-39(41-37(40)36-17-11-31(3)12-18-36)27-21-35(22-28-39)33-15-9-30(2)10-16-33;1-29-11-15-31(16-12-29)33-19-25-35(3,26-20-33)23-9-7-5-6-8-10-24-36(4)27-21-34(22-28-36)32-17-13-30(2)14-18-32;1-10-2-4-11(5-3-10)12-6-8-13(14)9-7-12;1-6-2-4-7(5-3-6)8(10)11-9/h29-36H,7-22,25-28H2,1-4H3;29-34H,11-22,25-28H2,1-4H3;10-12H,2-9H2,1H3;6-7H,2-5H2,1H3. The number of carbonyl (C=O) groups is 3. The molecule has 6 heteroatoms. The summed E-state index contributed by atoms with van der Waals surface area (Å²) in [6.45, 7) is 23.6. The van der Waals surface area contributed by atoms with Gasteiger partial charge >= 0.3 is 11.9 Å². The zero-order valence-corrected chi connectivity index (χ0v) is 67.6. The van der Waals surface area contributed by atoms with Crippen LogP contribution in [0.3, 0.4) is 0 Å². The summed E-state index contributed by atoms with van der Waals surface area (Å²) in [6.07, 6.45) is 60.6. The summed E-state index contributed by atoms with van der Waals surface area (Å²) in [4.78, 5) is 35.4. The van der Waals surface area contributed by atoms with Gasteiger partial charge in [-0.05, 0) is 406 Å². The van der Waals surface area contributed by atoms with Gasteiger partial charge in [0.1, 0.15) is 17.6 Å². The highest BCUT2D eigenvalue weighted by molar-refractivity contribution is 6.13. The van der Waals surface area contributed by atoms with Crippen molar-refractivity contribution in [3.05, 3.63) is 0 Å². The Morgan fingerprint density at radius 3 is 0.784 bits per heavy atom. The number of halogens is 1. The average Bonchev–Trinajstić information content (AvgIpc) is 0.816. The molecule has 0 N–H and O–H groups in total. The lowest BCUT2D eigenvalue weighted by molar-refractivity contribution is -0.164. The topological polar surface area (TPSA) is 69.7 Å². The predicted molar refractivity (Wildman–Crippen MR) is 424 cm³/mol. The summed E-state index contributed by atoms with van der Waals surface area (Å²) in [6, 6.07) is 0. The second-order valence-corrected chi connectivity index (χ2v) is 38.9. The van der Waals surface area contributed by atoms with Gasteiger partial charge in [-0.2, -0.15) is 0 Å². The molecule has 0 heterocycles. The number of ether oxygens (including phenoxy) is 1. The number of esters is 1. The molecule has 566 valence electrons. The Labute approximate surface area is 632 Å². The number of Topliss-reactive ketones (excluding diaryl/α,β-unsaturated/α-hetero) is 1. The molecule has 0 atom stereocenters. The van der Waals surface area contributed by atoms with Gasteiger partial charge in [-0.1, -0.05) is 130 Å². The van der Waals surface area contributed by atoms with Crippen LogP contribution in [-0.4, -0.2) is 23.3 Å². The zero-order valence-electron chi connectivity index (χ0n) is 66.8. The molecule has 12 aliphatic rings. The first kappa shape index (κ1) is 82.3. The molecule has 0 amide bonds. The second-order valence-electron chi connectivity index (χ2n) is 38.7. The smallest absolute Gasteiger partial charge is 0.327 e. The van der Waals surface area contributed by atoms with E-state index in [1.54, 1.807) is 0 Å². The van der Waals surface area contributed by atoms with E-state index in [0.717, 1.165) is 190 Å². The van der Waals surface area contributed by atoms with Gasteiger partial charge in [0.25, 0.3) is 0 Å². The van der Waals surface area contributed by atoms with Crippen molar-refractivity contribution in [3.63, 3.8) is 0 Å². The highest BCUT2D eigenvalue weighted by Crippen LogP contribution is 2.50. The first-order valence-electron chi connectivity index (χ1n) is 43.7. The molecule has 0 aromatic carbocycles. The second kappa shape index (κ2) is 41.0. The van der Waals surface area contributed by atoms with Gasteiger partial charge in [-0.3, -0.25) is 14.4 Å². The Bertz CT molecular complexity index is 2860. The minimum atomic E-state index is -0.621. The predicted octanol–water partition coefficient (Wildman–Crippen LogP) is 25.3. The molecule has 12 aliphatic carbocycles. The van der Waals surface area contributed by atoms with Crippen LogP contribution < -0.4 is 0 Å². The van der Waals surface area contributed by atoms with E-state index >= 15 is 0 Å². The van der Waals surface area contributed by atoms with Gasteiger partial charge in [0.15, 0.2) is 5.60 Å². The monoisotopic (exact) mass is 1410 g/mol. The van der Waals surface area contributed by atoms with Crippen molar-refractivity contribution in [2.45, 2.75) is 383 Å². The molecule has 0 bridgehead atoms. The van der Waals surface area contributed by atoms with Crippen LogP contribution in [0.2, 0.25) is 0 Å². The average molecular weight is 1410 g/mol. The van der Waals surface area contributed by atoms with Crippen LogP contribution in [0.4, 0.5) is 0 Å². The maximum absolute atomic E-state index is 13.4. The number of rotatable bonds is 8. The first-order chi connectivity index (χ1) is 49.1. The Morgan fingerprint density at radius 1 is 0.284 bits per heavy atom. The Kier molecular flexibility index (Phi) is 33.1. The van der Waals surface area contributed by atoms with E-state index in [1.807, 2.05) is 0 Å². The summed E-state index contributed by atoms with van der Waals surface area (Å²) in [5.41, 5.74) is -0.247. The molecule has 12 saturated carbocycles. The van der Waals surface area contributed by atoms with Crippen molar-refractivity contribution < 1.29 is 23.4 Å². The lowest BCUT2D eigenvalue weighted by atomic mass is 9.65. The summed E-state index contributed by atoms with van der Waals surface area (Å²) in [5, 5.41) is 0. The van der Waals surface area contributed by atoms with E-state index in [-0.39, 0.29) is 40.0 Å². The third kappa shape index (κ3) is 26.6. The fourth-order valence-electron chi connectivity index (χ4n) is 21.8. The van der Waals surface area contributed by atoms with Crippen LogP contribution in [-0.2, 0) is 23.4 Å². The molecule has 0 aromatic heterocycles. The minimum Gasteiger partial charge on any atom is -0.446 e. The normalized spacial score (nSPS) is 40.1. The minimum absolute atomic E-state index is 0.0199. The number of hydrogen-bond acceptors (Lipinski definition) is 5. The number of carbonyl (C=O) groups excluding carboxylic acids is 3. The van der Waals surface area contributed by atoms with Gasteiger partial charge in [0, 0.05) is 29.1 Å². The molecule has 0 radical (unpaired) electrons. The van der Waals surface area contributed by atoms with Gasteiger partial charge < -0.3 is 9.03 Å². The van der Waals surface area contributed by atoms with E-state index in [2.05, 4.69) is 145 Å². The van der Waals surface area contributed by atoms with E-state index < -0.39 is 5.60 Å². The van der Waals surface area contributed by atoms with Crippen molar-refractivity contribution >= 4 is 29.6 Å². The molecular weight excluding hydrogens is 1270 g/mol. The van der Waals surface area contributed by atoms with Crippen LogP contribution in [0.25, 0.3) is 0 Å². The van der Waals surface area contributed by atoms with Gasteiger partial charge in [-0.15, -0.1) is 0 Å². The van der Waals surface area contributed by atoms with E-state index in [9.17, 15) is 14.4 Å². The van der Waals surface area contributed by atoms with Crippen molar-refractivity contribution in [2.24, 2.45) is 129 Å². The van der Waals surface area contributed by atoms with E-state index in [1.165, 1.54) is 218 Å². The largest absolute Gasteiger partial charge is 0.446 e. The van der Waals surface area contributed by atoms with Crippen LogP contribution in [0.15, 0.2) is 0 Å². The van der Waals surface area contributed by atoms with Crippen LogP contribution in [0.1, 0.15) is 377 Å². The van der Waals surface area contributed by atoms with E-state index in [0.29, 0.717) is 5.78 Å². The molecule has 0 spiro atoms. The lowest BCUT2D eigenvalue weighted by Gasteiger charge is -2.41. The summed E-state index contributed by atoms with van der Waals surface area (Å²) >= 11 is 4.97. The molecule has 5 nitrogen and oxygen atoms in total. The van der Waals surface area contributed by atoms with Gasteiger partial charge in [0.05, 0.1) is 11.8 Å². The molecule has 0 aliphatic heterocycles. The van der Waals surface area contributed by atoms with Crippen molar-refractivity contribution in [2.75, 3.05) is 0 Å². The summed E-state index contributed by atoms with van der Waals surface area (Å²) in [7, 11) is 0. The zero-order chi connectivity index (χ0) is 72.5. The molecule has 0 saturated heterocycles. The quantitative estimate of drug-likeness (QED) is 0.179. The Balaban J connectivity index is 0.000000178. The number of hydrogen-bond donors (Lipinski definition) is 0. The summed E-state index contributed by atoms with van der Waals surface area (Å²) in [5.74, 6) is 54.5. The van der Waals surface area contributed by atoms with Crippen LogP contribution in [0, 0.1) is 200 Å². The van der Waals surface area contributed by atoms with Gasteiger partial charge in [0.2, 0.25) is 0 Å².